The van der Waals surface area contributed by atoms with Crippen molar-refractivity contribution in [1.82, 2.24) is 4.90 Å². The van der Waals surface area contributed by atoms with Gasteiger partial charge in [-0.15, -0.1) is 0 Å². The van der Waals surface area contributed by atoms with Crippen LogP contribution in [-0.4, -0.2) is 40.9 Å². The van der Waals surface area contributed by atoms with Crippen LogP contribution in [0.15, 0.2) is 18.2 Å². The predicted molar refractivity (Wildman–Crippen MR) is 73.1 cm³/mol. The molecule has 0 amide bonds. The van der Waals surface area contributed by atoms with Crippen LogP contribution in [0.4, 0.5) is 0 Å². The van der Waals surface area contributed by atoms with Gasteiger partial charge in [0.15, 0.2) is 0 Å². The van der Waals surface area contributed by atoms with Gasteiger partial charge in [0.2, 0.25) is 0 Å². The minimum absolute atomic E-state index is 0.291. The van der Waals surface area contributed by atoms with Crippen molar-refractivity contribution in [1.29, 1.82) is 0 Å². The fourth-order valence-corrected chi connectivity index (χ4v) is 2.73. The van der Waals surface area contributed by atoms with Gasteiger partial charge in [0.05, 0.1) is 12.2 Å². The summed E-state index contributed by atoms with van der Waals surface area (Å²) in [6.45, 7) is 1.97. The Hall–Kier alpha value is -0.320. The van der Waals surface area contributed by atoms with Crippen molar-refractivity contribution >= 4 is 23.2 Å². The first kappa shape index (κ1) is 14.1. The number of piperidine rings is 1. The molecule has 2 atom stereocenters. The molecule has 2 rings (SSSR count). The largest absolute Gasteiger partial charge is 0.392 e. The molecule has 18 heavy (non-hydrogen) atoms. The summed E-state index contributed by atoms with van der Waals surface area (Å²) in [6.07, 6.45) is 0.823. The van der Waals surface area contributed by atoms with Gasteiger partial charge in [-0.25, -0.2) is 0 Å². The van der Waals surface area contributed by atoms with Gasteiger partial charge < -0.3 is 10.2 Å². The number of aliphatic hydroxyl groups excluding tert-OH is 2. The van der Waals surface area contributed by atoms with E-state index in [1.807, 2.05) is 0 Å². The van der Waals surface area contributed by atoms with Crippen LogP contribution in [0.2, 0.25) is 10.0 Å². The van der Waals surface area contributed by atoms with Gasteiger partial charge in [0, 0.05) is 28.7 Å². The molecule has 0 bridgehead atoms. The highest BCUT2D eigenvalue weighted by atomic mass is 35.5. The van der Waals surface area contributed by atoms with Crippen LogP contribution in [0.3, 0.4) is 0 Å². The van der Waals surface area contributed by atoms with Crippen molar-refractivity contribution in [2.45, 2.75) is 25.0 Å². The lowest BCUT2D eigenvalue weighted by Crippen LogP contribution is -2.40. The van der Waals surface area contributed by atoms with Crippen LogP contribution in [0, 0.1) is 0 Å². The first-order chi connectivity index (χ1) is 8.56. The van der Waals surface area contributed by atoms with Gasteiger partial charge in [-0.3, -0.25) is 4.90 Å². The monoisotopic (exact) mass is 289 g/mol. The Bertz CT molecular complexity index is 414. The summed E-state index contributed by atoms with van der Waals surface area (Å²) in [5.74, 6) is 0. The Balaban J connectivity index is 2.02. The average molecular weight is 290 g/mol. The topological polar surface area (TPSA) is 43.7 Å². The first-order valence-electron chi connectivity index (χ1n) is 6.09. The van der Waals surface area contributed by atoms with Crippen molar-refractivity contribution in [2.24, 2.45) is 0 Å². The summed E-state index contributed by atoms with van der Waals surface area (Å²) < 4.78 is 0. The standard InChI is InChI=1S/C13H17Cl2NO2/c14-9-3-4-12(15)11(6-9)13(18)8-16-5-1-2-10(17)7-16/h3-4,6,10,13,17-18H,1-2,5,7-8H2/t10-,13+/m0/s1. The van der Waals surface area contributed by atoms with Crippen molar-refractivity contribution < 1.29 is 10.2 Å². The fraction of sp³-hybridized carbons (Fsp3) is 0.538. The fourth-order valence-electron chi connectivity index (χ4n) is 2.31. The van der Waals surface area contributed by atoms with Crippen LogP contribution in [0.1, 0.15) is 24.5 Å². The maximum atomic E-state index is 10.2. The van der Waals surface area contributed by atoms with Crippen molar-refractivity contribution in [3.05, 3.63) is 33.8 Å². The van der Waals surface area contributed by atoms with E-state index < -0.39 is 6.10 Å². The third kappa shape index (κ3) is 3.59. The summed E-state index contributed by atoms with van der Waals surface area (Å²) in [5, 5.41) is 20.9. The molecule has 1 heterocycles. The van der Waals surface area contributed by atoms with Gasteiger partial charge in [0.1, 0.15) is 0 Å². The van der Waals surface area contributed by atoms with Crippen LogP contribution in [0.25, 0.3) is 0 Å². The Morgan fingerprint density at radius 1 is 1.39 bits per heavy atom. The zero-order chi connectivity index (χ0) is 13.1. The molecule has 1 saturated heterocycles. The minimum Gasteiger partial charge on any atom is -0.392 e. The number of halogens is 2. The molecule has 1 aromatic rings. The van der Waals surface area contributed by atoms with E-state index in [4.69, 9.17) is 23.2 Å². The number of rotatable bonds is 3. The molecule has 5 heteroatoms. The molecule has 2 N–H and O–H groups in total. The molecule has 0 saturated carbocycles. The number of likely N-dealkylation sites (tertiary alicyclic amines) is 1. The zero-order valence-electron chi connectivity index (χ0n) is 10.0. The van der Waals surface area contributed by atoms with Crippen molar-refractivity contribution in [3.63, 3.8) is 0 Å². The molecule has 0 spiro atoms. The molecular formula is C13H17Cl2NO2. The van der Waals surface area contributed by atoms with Crippen molar-refractivity contribution in [2.75, 3.05) is 19.6 Å². The molecule has 0 aromatic heterocycles. The van der Waals surface area contributed by atoms with E-state index >= 15 is 0 Å². The number of hydrogen-bond acceptors (Lipinski definition) is 3. The average Bonchev–Trinajstić information content (AvgIpc) is 2.32. The highest BCUT2D eigenvalue weighted by Crippen LogP contribution is 2.27. The second-order valence-corrected chi connectivity index (χ2v) is 5.58. The highest BCUT2D eigenvalue weighted by Gasteiger charge is 2.21. The van der Waals surface area contributed by atoms with Gasteiger partial charge in [-0.1, -0.05) is 23.2 Å². The number of aliphatic hydroxyl groups is 2. The molecule has 1 fully saturated rings. The van der Waals surface area contributed by atoms with Gasteiger partial charge >= 0.3 is 0 Å². The number of β-amino-alcohol motifs (C(OH)–C–C–N with tert-alkyl or cyclic N) is 2. The zero-order valence-corrected chi connectivity index (χ0v) is 11.5. The van der Waals surface area contributed by atoms with E-state index in [1.54, 1.807) is 18.2 Å². The lowest BCUT2D eigenvalue weighted by Gasteiger charge is -2.31. The SMILES string of the molecule is O[C@H]1CCCN(C[C@@H](O)c2cc(Cl)ccc2Cl)C1. The Morgan fingerprint density at radius 2 is 2.17 bits per heavy atom. The molecule has 0 unspecified atom stereocenters. The molecule has 0 aliphatic carbocycles. The van der Waals surface area contributed by atoms with E-state index in [0.29, 0.717) is 28.7 Å². The molecular weight excluding hydrogens is 273 g/mol. The second-order valence-electron chi connectivity index (χ2n) is 4.74. The normalized spacial score (nSPS) is 23.0. The first-order valence-corrected chi connectivity index (χ1v) is 6.85. The van der Waals surface area contributed by atoms with Crippen LogP contribution in [0.5, 0.6) is 0 Å². The lowest BCUT2D eigenvalue weighted by atomic mass is 10.1. The molecule has 0 radical (unpaired) electrons. The minimum atomic E-state index is -0.679. The number of hydrogen-bond donors (Lipinski definition) is 2. The molecule has 1 aromatic carbocycles. The van der Waals surface area contributed by atoms with Crippen LogP contribution < -0.4 is 0 Å². The third-order valence-corrected chi connectivity index (χ3v) is 3.81. The summed E-state index contributed by atoms with van der Waals surface area (Å²) >= 11 is 12.0. The lowest BCUT2D eigenvalue weighted by molar-refractivity contribution is 0.0392. The summed E-state index contributed by atoms with van der Waals surface area (Å²) in [4.78, 5) is 2.05. The smallest absolute Gasteiger partial charge is 0.0931 e. The molecule has 3 nitrogen and oxygen atoms in total. The number of benzene rings is 1. The highest BCUT2D eigenvalue weighted by molar-refractivity contribution is 6.33. The van der Waals surface area contributed by atoms with E-state index in [2.05, 4.69) is 4.90 Å². The number of nitrogens with zero attached hydrogens (tertiary/aromatic N) is 1. The molecule has 100 valence electrons. The van der Waals surface area contributed by atoms with Crippen LogP contribution >= 0.6 is 23.2 Å². The maximum Gasteiger partial charge on any atom is 0.0931 e. The third-order valence-electron chi connectivity index (χ3n) is 3.23. The second kappa shape index (κ2) is 6.22. The Morgan fingerprint density at radius 3 is 2.89 bits per heavy atom. The van der Waals surface area contributed by atoms with Crippen LogP contribution in [-0.2, 0) is 0 Å². The van der Waals surface area contributed by atoms with E-state index in [0.717, 1.165) is 19.4 Å². The maximum absolute atomic E-state index is 10.2. The van der Waals surface area contributed by atoms with E-state index in [-0.39, 0.29) is 6.10 Å². The molecule has 1 aliphatic heterocycles. The van der Waals surface area contributed by atoms with E-state index in [1.165, 1.54) is 0 Å². The summed E-state index contributed by atoms with van der Waals surface area (Å²) in [5.41, 5.74) is 0.643. The predicted octanol–water partition coefficient (Wildman–Crippen LogP) is 2.48. The van der Waals surface area contributed by atoms with Gasteiger partial charge in [-0.05, 0) is 37.6 Å². The van der Waals surface area contributed by atoms with E-state index in [9.17, 15) is 10.2 Å². The Labute approximate surface area is 117 Å². The van der Waals surface area contributed by atoms with Gasteiger partial charge in [0.25, 0.3) is 0 Å². The summed E-state index contributed by atoms with van der Waals surface area (Å²) in [6, 6.07) is 5.08. The van der Waals surface area contributed by atoms with Crippen molar-refractivity contribution in [3.8, 4) is 0 Å². The quantitative estimate of drug-likeness (QED) is 0.899. The van der Waals surface area contributed by atoms with Gasteiger partial charge in [-0.2, -0.15) is 0 Å². The molecule has 1 aliphatic rings. The Kier molecular flexibility index (Phi) is 4.87. The summed E-state index contributed by atoms with van der Waals surface area (Å²) in [7, 11) is 0.